The average molecular weight is 404 g/mol. The third kappa shape index (κ3) is 3.19. The van der Waals surface area contributed by atoms with E-state index in [4.69, 9.17) is 16.6 Å². The second-order valence-electron chi connectivity index (χ2n) is 6.68. The number of nitrogens with zero attached hydrogens (tertiary/aromatic N) is 3. The van der Waals surface area contributed by atoms with Crippen molar-refractivity contribution in [2.24, 2.45) is 0 Å². The van der Waals surface area contributed by atoms with Crippen LogP contribution in [-0.2, 0) is 6.67 Å². The molecule has 0 radical (unpaired) electrons. The predicted octanol–water partition coefficient (Wildman–Crippen LogP) is 6.40. The first-order chi connectivity index (χ1) is 13.8. The van der Waals surface area contributed by atoms with Crippen molar-refractivity contribution in [1.29, 1.82) is 0 Å². The van der Waals surface area contributed by atoms with Crippen molar-refractivity contribution >= 4 is 29.1 Å². The largest absolute Gasteiger partial charge is 0.344 e. The highest BCUT2D eigenvalue weighted by Crippen LogP contribution is 2.39. The van der Waals surface area contributed by atoms with Crippen LogP contribution in [0.1, 0.15) is 0 Å². The van der Waals surface area contributed by atoms with E-state index in [1.54, 1.807) is 11.8 Å². The molecule has 3 nitrogen and oxygen atoms in total. The van der Waals surface area contributed by atoms with Gasteiger partial charge in [0.1, 0.15) is 0 Å². The van der Waals surface area contributed by atoms with Crippen molar-refractivity contribution < 1.29 is 0 Å². The first-order valence-corrected chi connectivity index (χ1v) is 10.5. The van der Waals surface area contributed by atoms with E-state index >= 15 is 0 Å². The quantitative estimate of drug-likeness (QED) is 0.395. The van der Waals surface area contributed by atoms with E-state index in [0.717, 1.165) is 45.4 Å². The molecule has 5 heteroatoms. The lowest BCUT2D eigenvalue weighted by Gasteiger charge is -2.30. The van der Waals surface area contributed by atoms with Gasteiger partial charge in [0, 0.05) is 21.8 Å². The topological polar surface area (TPSA) is 21.1 Å². The fourth-order valence-electron chi connectivity index (χ4n) is 3.51. The summed E-state index contributed by atoms with van der Waals surface area (Å²) >= 11 is 7.83. The van der Waals surface area contributed by atoms with Gasteiger partial charge in [-0.1, -0.05) is 84.0 Å². The van der Waals surface area contributed by atoms with E-state index in [1.807, 2.05) is 24.3 Å². The summed E-state index contributed by atoms with van der Waals surface area (Å²) < 4.78 is 2.32. The van der Waals surface area contributed by atoms with Crippen LogP contribution in [0.25, 0.3) is 22.5 Å². The molecule has 5 rings (SSSR count). The number of benzene rings is 3. The molecule has 0 bridgehead atoms. The molecule has 3 aromatic carbocycles. The van der Waals surface area contributed by atoms with Crippen molar-refractivity contribution in [3.63, 3.8) is 0 Å². The lowest BCUT2D eigenvalue weighted by molar-refractivity contribution is 0.608. The van der Waals surface area contributed by atoms with Crippen LogP contribution in [0.5, 0.6) is 0 Å². The molecule has 0 atom stereocenters. The molecule has 2 heterocycles. The van der Waals surface area contributed by atoms with Crippen molar-refractivity contribution in [1.82, 2.24) is 9.55 Å². The molecule has 0 saturated heterocycles. The number of thioether (sulfide) groups is 1. The Kier molecular flexibility index (Phi) is 4.59. The van der Waals surface area contributed by atoms with Crippen molar-refractivity contribution in [3.8, 4) is 22.5 Å². The molecule has 1 aromatic heterocycles. The standard InChI is InChI=1S/C23H18ClN3S/c24-19-11-13-20(14-12-19)26-15-27-22(18-9-5-2-6-10-18)21(25-23(27)28-16-26)17-7-3-1-4-8-17/h1-14H,15-16H2. The first kappa shape index (κ1) is 17.4. The number of imidazole rings is 1. The molecular formula is C23H18ClN3S. The Balaban J connectivity index is 1.63. The smallest absolute Gasteiger partial charge is 0.172 e. The molecule has 0 unspecified atom stereocenters. The zero-order valence-electron chi connectivity index (χ0n) is 15.1. The second kappa shape index (κ2) is 7.38. The summed E-state index contributed by atoms with van der Waals surface area (Å²) in [6.07, 6.45) is 0. The minimum atomic E-state index is 0.757. The van der Waals surface area contributed by atoms with Crippen LogP contribution in [0.3, 0.4) is 0 Å². The molecule has 0 fully saturated rings. The van der Waals surface area contributed by atoms with Crippen LogP contribution >= 0.6 is 23.4 Å². The van der Waals surface area contributed by atoms with Gasteiger partial charge in [0.15, 0.2) is 5.16 Å². The fourth-order valence-corrected chi connectivity index (χ4v) is 4.60. The molecule has 1 aliphatic heterocycles. The second-order valence-corrected chi connectivity index (χ2v) is 8.03. The number of rotatable bonds is 3. The van der Waals surface area contributed by atoms with E-state index in [2.05, 4.69) is 70.1 Å². The monoisotopic (exact) mass is 403 g/mol. The van der Waals surface area contributed by atoms with Crippen LogP contribution in [-0.4, -0.2) is 15.4 Å². The maximum absolute atomic E-state index is 6.07. The predicted molar refractivity (Wildman–Crippen MR) is 118 cm³/mol. The highest BCUT2D eigenvalue weighted by molar-refractivity contribution is 7.99. The average Bonchev–Trinajstić information content (AvgIpc) is 3.14. The zero-order chi connectivity index (χ0) is 18.9. The van der Waals surface area contributed by atoms with Crippen molar-refractivity contribution in [2.75, 3.05) is 10.8 Å². The van der Waals surface area contributed by atoms with Gasteiger partial charge in [-0.2, -0.15) is 0 Å². The minimum Gasteiger partial charge on any atom is -0.344 e. The number of fused-ring (bicyclic) bond motifs is 1. The summed E-state index contributed by atoms with van der Waals surface area (Å²) in [6.45, 7) is 0.758. The van der Waals surface area contributed by atoms with Gasteiger partial charge in [-0.15, -0.1) is 0 Å². The van der Waals surface area contributed by atoms with E-state index in [1.165, 1.54) is 5.56 Å². The zero-order valence-corrected chi connectivity index (χ0v) is 16.7. The lowest BCUT2D eigenvalue weighted by atomic mass is 10.0. The molecule has 0 aliphatic carbocycles. The van der Waals surface area contributed by atoms with Crippen LogP contribution in [0.4, 0.5) is 5.69 Å². The third-order valence-electron chi connectivity index (χ3n) is 4.88. The molecular weight excluding hydrogens is 386 g/mol. The van der Waals surface area contributed by atoms with Gasteiger partial charge in [-0.3, -0.25) is 4.57 Å². The number of halogens is 1. The Morgan fingerprint density at radius 3 is 2.11 bits per heavy atom. The van der Waals surface area contributed by atoms with Gasteiger partial charge in [0.05, 0.1) is 23.9 Å². The maximum Gasteiger partial charge on any atom is 0.172 e. The number of hydrogen-bond donors (Lipinski definition) is 0. The summed E-state index contributed by atoms with van der Waals surface area (Å²) in [7, 11) is 0. The van der Waals surface area contributed by atoms with Crippen LogP contribution in [0, 0.1) is 0 Å². The van der Waals surface area contributed by atoms with E-state index < -0.39 is 0 Å². The Morgan fingerprint density at radius 2 is 1.43 bits per heavy atom. The van der Waals surface area contributed by atoms with E-state index in [0.29, 0.717) is 0 Å². The molecule has 28 heavy (non-hydrogen) atoms. The Labute approximate surface area is 173 Å². The van der Waals surface area contributed by atoms with Gasteiger partial charge in [0.25, 0.3) is 0 Å². The minimum absolute atomic E-state index is 0.757. The van der Waals surface area contributed by atoms with Crippen LogP contribution in [0.2, 0.25) is 5.02 Å². The normalized spacial score (nSPS) is 13.4. The number of anilines is 1. The van der Waals surface area contributed by atoms with Crippen molar-refractivity contribution in [3.05, 3.63) is 90.0 Å². The summed E-state index contributed by atoms with van der Waals surface area (Å²) in [5.74, 6) is 0.862. The summed E-state index contributed by atoms with van der Waals surface area (Å²) in [4.78, 5) is 7.36. The lowest BCUT2D eigenvalue weighted by Crippen LogP contribution is -2.30. The Morgan fingerprint density at radius 1 is 0.786 bits per heavy atom. The van der Waals surface area contributed by atoms with Crippen molar-refractivity contribution in [2.45, 2.75) is 11.8 Å². The molecule has 138 valence electrons. The number of hydrogen-bond acceptors (Lipinski definition) is 3. The van der Waals surface area contributed by atoms with Crippen LogP contribution in [0.15, 0.2) is 90.1 Å². The van der Waals surface area contributed by atoms with E-state index in [9.17, 15) is 0 Å². The van der Waals surface area contributed by atoms with Gasteiger partial charge in [-0.25, -0.2) is 4.98 Å². The fraction of sp³-hybridized carbons (Fsp3) is 0.0870. The molecule has 0 N–H and O–H groups in total. The Bertz CT molecular complexity index is 1090. The van der Waals surface area contributed by atoms with Gasteiger partial charge in [0.2, 0.25) is 0 Å². The van der Waals surface area contributed by atoms with Gasteiger partial charge >= 0.3 is 0 Å². The first-order valence-electron chi connectivity index (χ1n) is 9.14. The molecule has 0 spiro atoms. The maximum atomic E-state index is 6.07. The number of aromatic nitrogens is 2. The van der Waals surface area contributed by atoms with Gasteiger partial charge < -0.3 is 4.90 Å². The van der Waals surface area contributed by atoms with E-state index in [-0.39, 0.29) is 0 Å². The molecule has 1 aliphatic rings. The highest BCUT2D eigenvalue weighted by Gasteiger charge is 2.25. The summed E-state index contributed by atoms with van der Waals surface area (Å²) in [5, 5.41) is 1.82. The molecule has 4 aromatic rings. The molecule has 0 amide bonds. The van der Waals surface area contributed by atoms with Crippen LogP contribution < -0.4 is 4.90 Å². The SMILES string of the molecule is Clc1ccc(N2CSc3nc(-c4ccccc4)c(-c4ccccc4)n3C2)cc1. The Hall–Kier alpha value is -2.69. The summed E-state index contributed by atoms with van der Waals surface area (Å²) in [6, 6.07) is 29.0. The molecule has 0 saturated carbocycles. The highest BCUT2D eigenvalue weighted by atomic mass is 35.5. The summed E-state index contributed by atoms with van der Waals surface area (Å²) in [5.41, 5.74) is 5.68. The van der Waals surface area contributed by atoms with Gasteiger partial charge in [-0.05, 0) is 24.3 Å². The third-order valence-corrected chi connectivity index (χ3v) is 6.14.